The fraction of sp³-hybridized carbons (Fsp3) is 0.286. The zero-order valence-corrected chi connectivity index (χ0v) is 22.1. The summed E-state index contributed by atoms with van der Waals surface area (Å²) in [5, 5.41) is 4.26. The van der Waals surface area contributed by atoms with Crippen molar-refractivity contribution >= 4 is 46.8 Å². The number of nitrogens with one attached hydrogen (secondary N) is 1. The summed E-state index contributed by atoms with van der Waals surface area (Å²) in [6, 6.07) is 24.3. The molecule has 35 heavy (non-hydrogen) atoms. The predicted octanol–water partition coefficient (Wildman–Crippen LogP) is 6.64. The van der Waals surface area contributed by atoms with Gasteiger partial charge < -0.3 is 10.2 Å². The van der Waals surface area contributed by atoms with Gasteiger partial charge in [0, 0.05) is 40.9 Å². The molecule has 0 bridgehead atoms. The molecule has 2 amide bonds. The number of amides is 2. The van der Waals surface area contributed by atoms with Crippen molar-refractivity contribution in [2.24, 2.45) is 0 Å². The number of halogens is 2. The molecule has 1 atom stereocenters. The number of rotatable bonds is 12. The van der Waals surface area contributed by atoms with E-state index in [0.717, 1.165) is 21.8 Å². The molecular weight excluding hydrogens is 499 g/mol. The van der Waals surface area contributed by atoms with Crippen molar-refractivity contribution in [3.63, 3.8) is 0 Å². The Balaban J connectivity index is 1.75. The maximum Gasteiger partial charge on any atom is 0.243 e. The molecule has 4 nitrogen and oxygen atoms in total. The molecule has 0 unspecified atom stereocenters. The van der Waals surface area contributed by atoms with Gasteiger partial charge in [-0.2, -0.15) is 0 Å². The molecule has 0 aliphatic carbocycles. The molecule has 7 heteroatoms. The molecule has 0 spiro atoms. The highest BCUT2D eigenvalue weighted by Crippen LogP contribution is 2.23. The van der Waals surface area contributed by atoms with Crippen molar-refractivity contribution in [3.05, 3.63) is 100 Å². The van der Waals surface area contributed by atoms with Crippen molar-refractivity contribution in [2.75, 3.05) is 12.3 Å². The highest BCUT2D eigenvalue weighted by Gasteiger charge is 2.29. The third kappa shape index (κ3) is 8.92. The van der Waals surface area contributed by atoms with E-state index in [-0.39, 0.29) is 11.8 Å². The van der Waals surface area contributed by atoms with Gasteiger partial charge >= 0.3 is 0 Å². The smallest absolute Gasteiger partial charge is 0.243 e. The lowest BCUT2D eigenvalue weighted by Crippen LogP contribution is -2.50. The minimum absolute atomic E-state index is 0.0381. The number of benzene rings is 3. The minimum Gasteiger partial charge on any atom is -0.355 e. The van der Waals surface area contributed by atoms with Crippen LogP contribution in [0.2, 0.25) is 10.0 Å². The average molecular weight is 530 g/mol. The Morgan fingerprint density at radius 1 is 0.886 bits per heavy atom. The quantitative estimate of drug-likeness (QED) is 0.211. The van der Waals surface area contributed by atoms with Crippen molar-refractivity contribution in [3.8, 4) is 0 Å². The van der Waals surface area contributed by atoms with Gasteiger partial charge in [-0.05, 0) is 66.6 Å². The Morgan fingerprint density at radius 3 is 2.14 bits per heavy atom. The Hall–Kier alpha value is -2.47. The summed E-state index contributed by atoms with van der Waals surface area (Å²) < 4.78 is 0. The fourth-order valence-electron chi connectivity index (χ4n) is 3.72. The lowest BCUT2D eigenvalue weighted by atomic mass is 10.0. The van der Waals surface area contributed by atoms with Gasteiger partial charge in [-0.25, -0.2) is 0 Å². The molecule has 0 fully saturated rings. The van der Waals surface area contributed by atoms with Crippen LogP contribution in [0.1, 0.15) is 30.9 Å². The number of likely N-dealkylation sites (N-methyl/N-ethyl adjacent to an activating group) is 1. The Morgan fingerprint density at radius 2 is 1.51 bits per heavy atom. The highest BCUT2D eigenvalue weighted by molar-refractivity contribution is 7.99. The monoisotopic (exact) mass is 528 g/mol. The van der Waals surface area contributed by atoms with Crippen molar-refractivity contribution in [1.29, 1.82) is 0 Å². The summed E-state index contributed by atoms with van der Waals surface area (Å²) in [6.07, 6.45) is 1.51. The summed E-state index contributed by atoms with van der Waals surface area (Å²) in [5.41, 5.74) is 1.94. The van der Waals surface area contributed by atoms with Crippen LogP contribution < -0.4 is 5.32 Å². The number of nitrogens with zero attached hydrogens (tertiary/aromatic N) is 1. The van der Waals surface area contributed by atoms with E-state index in [1.807, 2.05) is 73.7 Å². The molecule has 0 aliphatic rings. The number of hydrogen-bond acceptors (Lipinski definition) is 3. The summed E-state index contributed by atoms with van der Waals surface area (Å²) in [6.45, 7) is 2.73. The summed E-state index contributed by atoms with van der Waals surface area (Å²) in [4.78, 5) is 29.5. The molecule has 0 radical (unpaired) electrons. The van der Waals surface area contributed by atoms with E-state index in [2.05, 4.69) is 5.32 Å². The topological polar surface area (TPSA) is 49.4 Å². The molecule has 0 aliphatic heterocycles. The van der Waals surface area contributed by atoms with Crippen LogP contribution in [0.4, 0.5) is 0 Å². The van der Waals surface area contributed by atoms with Gasteiger partial charge in [-0.1, -0.05) is 65.7 Å². The number of hydrogen-bond donors (Lipinski definition) is 1. The third-order valence-electron chi connectivity index (χ3n) is 5.51. The zero-order valence-electron chi connectivity index (χ0n) is 19.8. The molecule has 0 heterocycles. The Bertz CT molecular complexity index is 1080. The number of carbonyl (C=O) groups excluding carboxylic acids is 2. The first-order valence-electron chi connectivity index (χ1n) is 11.7. The Labute approximate surface area is 222 Å². The van der Waals surface area contributed by atoms with Crippen LogP contribution in [0.5, 0.6) is 0 Å². The van der Waals surface area contributed by atoms with E-state index in [9.17, 15) is 9.59 Å². The van der Waals surface area contributed by atoms with Gasteiger partial charge in [0.25, 0.3) is 0 Å². The zero-order chi connectivity index (χ0) is 25.0. The van der Waals surface area contributed by atoms with Gasteiger partial charge in [-0.3, -0.25) is 9.59 Å². The van der Waals surface area contributed by atoms with Crippen LogP contribution in [-0.4, -0.2) is 35.1 Å². The van der Waals surface area contributed by atoms with Gasteiger partial charge in [0.15, 0.2) is 0 Å². The lowest BCUT2D eigenvalue weighted by molar-refractivity contribution is -0.141. The summed E-state index contributed by atoms with van der Waals surface area (Å²) in [5.74, 6) is 0.616. The van der Waals surface area contributed by atoms with Crippen LogP contribution in [0.15, 0.2) is 83.8 Å². The van der Waals surface area contributed by atoms with Crippen LogP contribution >= 0.6 is 35.0 Å². The second kappa shape index (κ2) is 14.2. The van der Waals surface area contributed by atoms with E-state index in [1.54, 1.807) is 28.8 Å². The predicted molar refractivity (Wildman–Crippen MR) is 146 cm³/mol. The van der Waals surface area contributed by atoms with E-state index >= 15 is 0 Å². The molecule has 0 saturated carbocycles. The van der Waals surface area contributed by atoms with Crippen molar-refractivity contribution in [1.82, 2.24) is 10.2 Å². The van der Waals surface area contributed by atoms with E-state index < -0.39 is 6.04 Å². The van der Waals surface area contributed by atoms with E-state index in [1.165, 1.54) is 0 Å². The molecule has 3 aromatic carbocycles. The first kappa shape index (κ1) is 27.1. The summed E-state index contributed by atoms with van der Waals surface area (Å²) >= 11 is 13.7. The summed E-state index contributed by atoms with van der Waals surface area (Å²) in [7, 11) is 0. The standard InChI is InChI=1S/C28H30Cl2N2O2S/c1-2-31-28(34)26(19-21-7-4-3-5-8-21)32(20-22-10-12-23(29)13-11-22)27(33)9-6-18-35-25-16-14-24(30)15-17-25/h3-5,7-8,10-17,26H,2,6,9,18-20H2,1H3,(H,31,34)/t26-/m0/s1. The second-order valence-electron chi connectivity index (χ2n) is 8.15. The number of carbonyl (C=O) groups is 2. The van der Waals surface area contributed by atoms with E-state index in [4.69, 9.17) is 23.2 Å². The number of thioether (sulfide) groups is 1. The van der Waals surface area contributed by atoms with Crippen LogP contribution in [0.3, 0.4) is 0 Å². The molecule has 1 N–H and O–H groups in total. The maximum atomic E-state index is 13.5. The first-order valence-corrected chi connectivity index (χ1v) is 13.4. The van der Waals surface area contributed by atoms with Crippen molar-refractivity contribution < 1.29 is 9.59 Å². The van der Waals surface area contributed by atoms with E-state index in [0.29, 0.717) is 42.4 Å². The normalized spacial score (nSPS) is 11.6. The minimum atomic E-state index is -0.607. The molecular formula is C28H30Cl2N2O2S. The average Bonchev–Trinajstić information content (AvgIpc) is 2.87. The van der Waals surface area contributed by atoms with Gasteiger partial charge in [0.2, 0.25) is 11.8 Å². The molecule has 184 valence electrons. The first-order chi connectivity index (χ1) is 17.0. The van der Waals surface area contributed by atoms with Gasteiger partial charge in [0.1, 0.15) is 6.04 Å². The second-order valence-corrected chi connectivity index (χ2v) is 10.2. The largest absolute Gasteiger partial charge is 0.355 e. The maximum absolute atomic E-state index is 13.5. The fourth-order valence-corrected chi connectivity index (χ4v) is 4.83. The molecule has 3 rings (SSSR count). The molecule has 0 saturated heterocycles. The van der Waals surface area contributed by atoms with Crippen LogP contribution in [-0.2, 0) is 22.6 Å². The van der Waals surface area contributed by atoms with Crippen LogP contribution in [0, 0.1) is 0 Å². The molecule has 0 aromatic heterocycles. The van der Waals surface area contributed by atoms with Crippen LogP contribution in [0.25, 0.3) is 0 Å². The Kier molecular flexibility index (Phi) is 11.0. The SMILES string of the molecule is CCNC(=O)[C@H](Cc1ccccc1)N(Cc1ccc(Cl)cc1)C(=O)CCCSc1ccc(Cl)cc1. The van der Waals surface area contributed by atoms with Gasteiger partial charge in [-0.15, -0.1) is 11.8 Å². The highest BCUT2D eigenvalue weighted by atomic mass is 35.5. The molecule has 3 aromatic rings. The van der Waals surface area contributed by atoms with Crippen molar-refractivity contribution in [2.45, 2.75) is 43.7 Å². The third-order valence-corrected chi connectivity index (χ3v) is 7.11. The van der Waals surface area contributed by atoms with Gasteiger partial charge in [0.05, 0.1) is 0 Å². The lowest BCUT2D eigenvalue weighted by Gasteiger charge is -2.31.